The van der Waals surface area contributed by atoms with Crippen molar-refractivity contribution in [3.05, 3.63) is 60.2 Å². The standard InChI is InChI=1S/C24H29N3O2/c25-20-6-4-5-19(17-20)9-14-26-15-12-23(13-16-26)18-27(21-7-2-1-3-8-21)22(28)24(29-23)10-11-24/h1-8,17H,9-16,18,25H2. The minimum absolute atomic E-state index is 0.151. The number of carbonyl (C=O) groups is 1. The number of hydrogen-bond acceptors (Lipinski definition) is 4. The van der Waals surface area contributed by atoms with Crippen LogP contribution in [-0.2, 0) is 16.0 Å². The van der Waals surface area contributed by atoms with E-state index >= 15 is 0 Å². The molecule has 1 amide bonds. The van der Waals surface area contributed by atoms with Gasteiger partial charge >= 0.3 is 0 Å². The zero-order chi connectivity index (χ0) is 19.9. The third-order valence-corrected chi connectivity index (χ3v) is 6.70. The molecule has 0 aromatic heterocycles. The lowest BCUT2D eigenvalue weighted by atomic mass is 9.87. The Hall–Kier alpha value is -2.37. The summed E-state index contributed by atoms with van der Waals surface area (Å²) in [6.45, 7) is 3.72. The molecule has 2 aromatic carbocycles. The molecular formula is C24H29N3O2. The van der Waals surface area contributed by atoms with Crippen LogP contribution in [0.1, 0.15) is 31.2 Å². The lowest BCUT2D eigenvalue weighted by molar-refractivity contribution is -0.172. The molecule has 2 N–H and O–H groups in total. The number of ether oxygens (including phenoxy) is 1. The highest BCUT2D eigenvalue weighted by molar-refractivity contribution is 6.02. The van der Waals surface area contributed by atoms with Gasteiger partial charge in [0.15, 0.2) is 0 Å². The first-order chi connectivity index (χ1) is 14.1. The molecule has 5 heteroatoms. The fourth-order valence-corrected chi connectivity index (χ4v) is 4.82. The minimum atomic E-state index is -0.558. The van der Waals surface area contributed by atoms with Crippen molar-refractivity contribution in [2.24, 2.45) is 0 Å². The molecule has 1 aliphatic carbocycles. The van der Waals surface area contributed by atoms with Gasteiger partial charge in [-0.2, -0.15) is 0 Å². The Morgan fingerprint density at radius 1 is 0.966 bits per heavy atom. The molecular weight excluding hydrogens is 362 g/mol. The second-order valence-electron chi connectivity index (χ2n) is 8.84. The van der Waals surface area contributed by atoms with E-state index in [9.17, 15) is 4.79 Å². The summed E-state index contributed by atoms with van der Waals surface area (Å²) in [5.41, 5.74) is 8.24. The Labute approximate surface area is 172 Å². The molecule has 3 aliphatic rings. The number of hydrogen-bond donors (Lipinski definition) is 1. The van der Waals surface area contributed by atoms with Crippen molar-refractivity contribution in [1.82, 2.24) is 4.90 Å². The van der Waals surface area contributed by atoms with Crippen LogP contribution in [0, 0.1) is 0 Å². The Morgan fingerprint density at radius 3 is 2.41 bits per heavy atom. The molecule has 2 saturated heterocycles. The monoisotopic (exact) mass is 391 g/mol. The summed E-state index contributed by atoms with van der Waals surface area (Å²) in [4.78, 5) is 17.6. The van der Waals surface area contributed by atoms with Gasteiger partial charge < -0.3 is 20.3 Å². The van der Waals surface area contributed by atoms with Crippen molar-refractivity contribution < 1.29 is 9.53 Å². The van der Waals surface area contributed by atoms with Crippen molar-refractivity contribution >= 4 is 17.3 Å². The third kappa shape index (κ3) is 3.65. The highest BCUT2D eigenvalue weighted by Crippen LogP contribution is 2.50. The van der Waals surface area contributed by atoms with Crippen LogP contribution < -0.4 is 10.6 Å². The molecule has 0 radical (unpaired) electrons. The summed E-state index contributed by atoms with van der Waals surface area (Å²) in [5, 5.41) is 0. The van der Waals surface area contributed by atoms with Crippen molar-refractivity contribution in [3.63, 3.8) is 0 Å². The van der Waals surface area contributed by atoms with Gasteiger partial charge in [0.05, 0.1) is 12.1 Å². The zero-order valence-electron chi connectivity index (χ0n) is 16.8. The van der Waals surface area contributed by atoms with Gasteiger partial charge in [-0.15, -0.1) is 0 Å². The molecule has 0 atom stereocenters. The van der Waals surface area contributed by atoms with E-state index < -0.39 is 5.60 Å². The number of likely N-dealkylation sites (tertiary alicyclic amines) is 1. The van der Waals surface area contributed by atoms with Gasteiger partial charge in [-0.3, -0.25) is 4.79 Å². The summed E-state index contributed by atoms with van der Waals surface area (Å²) in [6.07, 6.45) is 4.67. The van der Waals surface area contributed by atoms with E-state index in [2.05, 4.69) is 17.0 Å². The van der Waals surface area contributed by atoms with Crippen LogP contribution in [0.3, 0.4) is 0 Å². The SMILES string of the molecule is Nc1cccc(CCN2CCC3(CC2)CN(c2ccccc2)C(=O)C2(CC2)O3)c1. The maximum Gasteiger partial charge on any atom is 0.259 e. The Balaban J connectivity index is 1.25. The quantitative estimate of drug-likeness (QED) is 0.813. The van der Waals surface area contributed by atoms with E-state index in [1.807, 2.05) is 47.4 Å². The number of piperidine rings is 1. The smallest absolute Gasteiger partial charge is 0.259 e. The van der Waals surface area contributed by atoms with Crippen LogP contribution in [0.2, 0.25) is 0 Å². The topological polar surface area (TPSA) is 58.8 Å². The van der Waals surface area contributed by atoms with Crippen LogP contribution in [0.15, 0.2) is 54.6 Å². The molecule has 2 heterocycles. The summed E-state index contributed by atoms with van der Waals surface area (Å²) >= 11 is 0. The van der Waals surface area contributed by atoms with Gasteiger partial charge in [-0.05, 0) is 61.9 Å². The highest BCUT2D eigenvalue weighted by Gasteiger charge is 2.62. The number of amides is 1. The number of anilines is 2. The first-order valence-electron chi connectivity index (χ1n) is 10.7. The van der Waals surface area contributed by atoms with E-state index in [4.69, 9.17) is 10.5 Å². The van der Waals surface area contributed by atoms with Gasteiger partial charge in [0, 0.05) is 31.0 Å². The first kappa shape index (κ1) is 18.6. The van der Waals surface area contributed by atoms with Crippen molar-refractivity contribution in [1.29, 1.82) is 0 Å². The van der Waals surface area contributed by atoms with Crippen LogP contribution in [0.4, 0.5) is 11.4 Å². The average Bonchev–Trinajstić information content (AvgIpc) is 3.51. The maximum absolute atomic E-state index is 13.1. The van der Waals surface area contributed by atoms with Gasteiger partial charge in [-0.25, -0.2) is 0 Å². The predicted molar refractivity (Wildman–Crippen MR) is 115 cm³/mol. The largest absolute Gasteiger partial charge is 0.399 e. The number of morpholine rings is 1. The van der Waals surface area contributed by atoms with E-state index in [0.29, 0.717) is 6.54 Å². The predicted octanol–water partition coefficient (Wildman–Crippen LogP) is 3.24. The second kappa shape index (κ2) is 7.15. The lowest BCUT2D eigenvalue weighted by Crippen LogP contribution is -2.63. The normalized spacial score (nSPS) is 22.9. The summed E-state index contributed by atoms with van der Waals surface area (Å²) in [6, 6.07) is 18.2. The molecule has 29 heavy (non-hydrogen) atoms. The molecule has 152 valence electrons. The van der Waals surface area contributed by atoms with Gasteiger partial charge in [0.2, 0.25) is 0 Å². The first-order valence-corrected chi connectivity index (χ1v) is 10.7. The molecule has 0 unspecified atom stereocenters. The summed E-state index contributed by atoms with van der Waals surface area (Å²) < 4.78 is 6.57. The van der Waals surface area contributed by atoms with E-state index in [-0.39, 0.29) is 11.5 Å². The van der Waals surface area contributed by atoms with E-state index in [0.717, 1.165) is 63.1 Å². The van der Waals surface area contributed by atoms with Gasteiger partial charge in [0.1, 0.15) is 5.60 Å². The van der Waals surface area contributed by atoms with E-state index in [1.54, 1.807) is 0 Å². The molecule has 1 saturated carbocycles. The number of nitrogens with zero attached hydrogens (tertiary/aromatic N) is 2. The number of rotatable bonds is 4. The molecule has 0 bridgehead atoms. The fourth-order valence-electron chi connectivity index (χ4n) is 4.82. The van der Waals surface area contributed by atoms with Crippen LogP contribution >= 0.6 is 0 Å². The Morgan fingerprint density at radius 2 is 1.72 bits per heavy atom. The molecule has 2 aliphatic heterocycles. The Bertz CT molecular complexity index is 886. The third-order valence-electron chi connectivity index (χ3n) is 6.70. The molecule has 5 rings (SSSR count). The number of para-hydroxylation sites is 1. The molecule has 5 nitrogen and oxygen atoms in total. The number of nitrogens with two attached hydrogens (primary N) is 1. The van der Waals surface area contributed by atoms with Gasteiger partial charge in [0.25, 0.3) is 5.91 Å². The van der Waals surface area contributed by atoms with E-state index in [1.165, 1.54) is 5.56 Å². The van der Waals surface area contributed by atoms with Crippen molar-refractivity contribution in [2.75, 3.05) is 36.8 Å². The van der Waals surface area contributed by atoms with Gasteiger partial charge in [-0.1, -0.05) is 30.3 Å². The number of carbonyl (C=O) groups excluding carboxylic acids is 1. The zero-order valence-corrected chi connectivity index (χ0v) is 16.8. The summed E-state index contributed by atoms with van der Waals surface area (Å²) in [7, 11) is 0. The summed E-state index contributed by atoms with van der Waals surface area (Å²) in [5.74, 6) is 0.151. The highest BCUT2D eigenvalue weighted by atomic mass is 16.5. The van der Waals surface area contributed by atoms with Crippen molar-refractivity contribution in [2.45, 2.75) is 43.3 Å². The maximum atomic E-state index is 13.1. The lowest BCUT2D eigenvalue weighted by Gasteiger charge is -2.50. The fraction of sp³-hybridized carbons (Fsp3) is 0.458. The average molecular weight is 392 g/mol. The number of benzene rings is 2. The molecule has 2 aromatic rings. The minimum Gasteiger partial charge on any atom is -0.399 e. The van der Waals surface area contributed by atoms with Crippen molar-refractivity contribution in [3.8, 4) is 0 Å². The van der Waals surface area contributed by atoms with Crippen LogP contribution in [0.25, 0.3) is 0 Å². The second-order valence-corrected chi connectivity index (χ2v) is 8.84. The molecule has 3 fully saturated rings. The molecule has 2 spiro atoms. The number of nitrogen functional groups attached to an aromatic ring is 1. The van der Waals surface area contributed by atoms with Crippen LogP contribution in [-0.4, -0.2) is 48.2 Å². The van der Waals surface area contributed by atoms with Crippen LogP contribution in [0.5, 0.6) is 0 Å². The Kier molecular flexibility index (Phi) is 4.60.